The van der Waals surface area contributed by atoms with Crippen LogP contribution in [0.1, 0.15) is 42.6 Å². The normalized spacial score (nSPS) is 20.2. The van der Waals surface area contributed by atoms with E-state index in [0.717, 1.165) is 56.2 Å². The molecule has 2 aliphatic rings. The molecule has 5 nitrogen and oxygen atoms in total. The van der Waals surface area contributed by atoms with Crippen LogP contribution in [0.15, 0.2) is 24.3 Å². The van der Waals surface area contributed by atoms with E-state index in [-0.39, 0.29) is 17.2 Å². The first-order valence-corrected chi connectivity index (χ1v) is 9.67. The number of benzene rings is 1. The summed E-state index contributed by atoms with van der Waals surface area (Å²) in [4.78, 5) is 26.7. The second-order valence-electron chi connectivity index (χ2n) is 7.65. The number of fused-ring (bicyclic) bond motifs is 1. The Balaban J connectivity index is 1.51. The van der Waals surface area contributed by atoms with E-state index >= 15 is 0 Å². The molecule has 2 fully saturated rings. The van der Waals surface area contributed by atoms with Crippen molar-refractivity contribution >= 4 is 34.3 Å². The first kappa shape index (κ1) is 17.4. The smallest absolute Gasteiger partial charge is 0.270 e. The number of hydrogen-bond donors (Lipinski definition) is 1. The van der Waals surface area contributed by atoms with Gasteiger partial charge in [0, 0.05) is 49.0 Å². The van der Waals surface area contributed by atoms with E-state index in [1.54, 1.807) is 0 Å². The highest BCUT2D eigenvalue weighted by molar-refractivity contribution is 6.35. The summed E-state index contributed by atoms with van der Waals surface area (Å²) in [6, 6.07) is 7.65. The van der Waals surface area contributed by atoms with Crippen LogP contribution in [0.3, 0.4) is 0 Å². The van der Waals surface area contributed by atoms with Gasteiger partial charge in [0.05, 0.1) is 0 Å². The van der Waals surface area contributed by atoms with E-state index in [1.165, 1.54) is 0 Å². The number of carbonyl (C=O) groups excluding carboxylic acids is 2. The van der Waals surface area contributed by atoms with Gasteiger partial charge in [-0.1, -0.05) is 17.7 Å². The maximum atomic E-state index is 13.1. The molecule has 3 heterocycles. The average Bonchev–Trinajstić information content (AvgIpc) is 2.88. The van der Waals surface area contributed by atoms with Gasteiger partial charge in [-0.25, -0.2) is 0 Å². The molecular formula is C20H24ClN3O2. The van der Waals surface area contributed by atoms with Crippen molar-refractivity contribution in [1.29, 1.82) is 0 Å². The molecule has 0 saturated carbocycles. The maximum absolute atomic E-state index is 13.1. The summed E-state index contributed by atoms with van der Waals surface area (Å²) in [6.07, 6.45) is 4.50. The Morgan fingerprint density at radius 3 is 2.69 bits per heavy atom. The number of likely N-dealkylation sites (tertiary alicyclic amines) is 1. The first-order valence-electron chi connectivity index (χ1n) is 9.29. The van der Waals surface area contributed by atoms with Crippen LogP contribution in [0.2, 0.25) is 5.02 Å². The number of hydrogen-bond acceptors (Lipinski definition) is 2. The van der Waals surface area contributed by atoms with Crippen molar-refractivity contribution in [2.24, 2.45) is 12.5 Å². The number of rotatable bonds is 1. The zero-order valence-electron chi connectivity index (χ0n) is 15.1. The summed E-state index contributed by atoms with van der Waals surface area (Å²) in [6.45, 7) is 2.26. The van der Waals surface area contributed by atoms with Crippen LogP contribution in [0.25, 0.3) is 10.9 Å². The van der Waals surface area contributed by atoms with Crippen LogP contribution in [0.4, 0.5) is 0 Å². The van der Waals surface area contributed by atoms with Gasteiger partial charge in [0.15, 0.2) is 0 Å². The molecule has 0 atom stereocenters. The van der Waals surface area contributed by atoms with Crippen LogP contribution in [0, 0.1) is 5.41 Å². The van der Waals surface area contributed by atoms with E-state index in [2.05, 4.69) is 5.32 Å². The minimum absolute atomic E-state index is 0.0671. The third-order valence-corrected chi connectivity index (χ3v) is 6.55. The van der Waals surface area contributed by atoms with Gasteiger partial charge in [-0.3, -0.25) is 9.59 Å². The van der Waals surface area contributed by atoms with Gasteiger partial charge in [0.25, 0.3) is 5.91 Å². The minimum Gasteiger partial charge on any atom is -0.356 e. The maximum Gasteiger partial charge on any atom is 0.270 e. The van der Waals surface area contributed by atoms with Gasteiger partial charge in [-0.2, -0.15) is 0 Å². The molecule has 0 unspecified atom stereocenters. The average molecular weight is 374 g/mol. The Hall–Kier alpha value is -2.01. The van der Waals surface area contributed by atoms with E-state index in [9.17, 15) is 9.59 Å². The molecular weight excluding hydrogens is 350 g/mol. The lowest BCUT2D eigenvalue weighted by atomic mass is 9.73. The number of piperidine rings is 1. The second kappa shape index (κ2) is 6.62. The molecule has 1 aromatic carbocycles. The van der Waals surface area contributed by atoms with Crippen LogP contribution in [-0.4, -0.2) is 40.9 Å². The first-order chi connectivity index (χ1) is 12.5. The summed E-state index contributed by atoms with van der Waals surface area (Å²) < 4.78 is 1.93. The number of nitrogens with one attached hydrogen (secondary N) is 1. The summed E-state index contributed by atoms with van der Waals surface area (Å²) in [5.74, 6) is 0.227. The van der Waals surface area contributed by atoms with Gasteiger partial charge in [0.1, 0.15) is 5.69 Å². The van der Waals surface area contributed by atoms with Gasteiger partial charge in [-0.15, -0.1) is 0 Å². The number of amides is 2. The number of aryl methyl sites for hydroxylation is 1. The van der Waals surface area contributed by atoms with Crippen LogP contribution in [0.5, 0.6) is 0 Å². The molecule has 1 N–H and O–H groups in total. The van der Waals surface area contributed by atoms with Crippen molar-refractivity contribution < 1.29 is 9.59 Å². The zero-order valence-corrected chi connectivity index (χ0v) is 15.8. The molecule has 0 bridgehead atoms. The van der Waals surface area contributed by atoms with Gasteiger partial charge >= 0.3 is 0 Å². The predicted molar refractivity (Wildman–Crippen MR) is 102 cm³/mol. The highest BCUT2D eigenvalue weighted by Crippen LogP contribution is 2.40. The number of aromatic nitrogens is 1. The van der Waals surface area contributed by atoms with Crippen molar-refractivity contribution in [3.63, 3.8) is 0 Å². The quantitative estimate of drug-likeness (QED) is 0.833. The molecule has 2 amide bonds. The molecule has 4 rings (SSSR count). The molecule has 138 valence electrons. The van der Waals surface area contributed by atoms with Crippen LogP contribution < -0.4 is 5.32 Å². The fourth-order valence-electron chi connectivity index (χ4n) is 4.43. The lowest BCUT2D eigenvalue weighted by Crippen LogP contribution is -2.44. The lowest BCUT2D eigenvalue weighted by molar-refractivity contribution is -0.121. The monoisotopic (exact) mass is 373 g/mol. The molecule has 0 aliphatic carbocycles. The summed E-state index contributed by atoms with van der Waals surface area (Å²) in [7, 11) is 1.92. The standard InChI is InChI=1S/C20H24ClN3O2/c1-23-16-4-2-3-15(21)14(16)13-17(23)19(26)24-11-8-20(9-12-24)6-5-18(25)22-10-7-20/h2-4,13H,5-12H2,1H3,(H,22,25). The topological polar surface area (TPSA) is 54.3 Å². The van der Waals surface area contributed by atoms with Gasteiger partial charge < -0.3 is 14.8 Å². The Kier molecular flexibility index (Phi) is 4.43. The molecule has 26 heavy (non-hydrogen) atoms. The van der Waals surface area contributed by atoms with Crippen LogP contribution in [-0.2, 0) is 11.8 Å². The third kappa shape index (κ3) is 2.98. The van der Waals surface area contributed by atoms with Crippen molar-refractivity contribution in [2.75, 3.05) is 19.6 Å². The molecule has 1 spiro atoms. The SMILES string of the molecule is Cn1c(C(=O)N2CCC3(CCNC(=O)CC3)CC2)cc2c(Cl)cccc21. The number of nitrogens with zero attached hydrogens (tertiary/aromatic N) is 2. The summed E-state index contributed by atoms with van der Waals surface area (Å²) in [5, 5.41) is 4.56. The fourth-order valence-corrected chi connectivity index (χ4v) is 4.66. The van der Waals surface area contributed by atoms with Crippen molar-refractivity contribution in [1.82, 2.24) is 14.8 Å². The van der Waals surface area contributed by atoms with Crippen LogP contribution >= 0.6 is 11.6 Å². The summed E-state index contributed by atoms with van der Waals surface area (Å²) >= 11 is 6.29. The fraction of sp³-hybridized carbons (Fsp3) is 0.500. The second-order valence-corrected chi connectivity index (χ2v) is 8.06. The summed E-state index contributed by atoms with van der Waals surface area (Å²) in [5.41, 5.74) is 1.86. The van der Waals surface area contributed by atoms with Crippen molar-refractivity contribution in [2.45, 2.75) is 32.1 Å². The van der Waals surface area contributed by atoms with E-state index < -0.39 is 0 Å². The Morgan fingerprint density at radius 2 is 1.96 bits per heavy atom. The minimum atomic E-state index is 0.0671. The number of carbonyl (C=O) groups is 2. The molecule has 2 aromatic rings. The largest absolute Gasteiger partial charge is 0.356 e. The number of halogens is 1. The lowest BCUT2D eigenvalue weighted by Gasteiger charge is -2.41. The molecule has 0 radical (unpaired) electrons. The molecule has 1 aromatic heterocycles. The molecule has 6 heteroatoms. The van der Waals surface area contributed by atoms with E-state index in [0.29, 0.717) is 17.1 Å². The third-order valence-electron chi connectivity index (χ3n) is 6.22. The Morgan fingerprint density at radius 1 is 1.19 bits per heavy atom. The predicted octanol–water partition coefficient (Wildman–Crippen LogP) is 3.35. The van der Waals surface area contributed by atoms with Gasteiger partial charge in [0.2, 0.25) is 5.91 Å². The molecule has 2 saturated heterocycles. The van der Waals surface area contributed by atoms with Gasteiger partial charge in [-0.05, 0) is 49.3 Å². The van der Waals surface area contributed by atoms with Crippen molar-refractivity contribution in [3.8, 4) is 0 Å². The van der Waals surface area contributed by atoms with E-state index in [1.807, 2.05) is 40.8 Å². The highest BCUT2D eigenvalue weighted by atomic mass is 35.5. The van der Waals surface area contributed by atoms with E-state index in [4.69, 9.17) is 11.6 Å². The van der Waals surface area contributed by atoms with Crippen molar-refractivity contribution in [3.05, 3.63) is 35.0 Å². The highest BCUT2D eigenvalue weighted by Gasteiger charge is 2.37. The Bertz CT molecular complexity index is 865. The zero-order chi connectivity index (χ0) is 18.3. The Labute approximate surface area is 158 Å². The molecule has 2 aliphatic heterocycles.